The van der Waals surface area contributed by atoms with E-state index in [1.165, 1.54) is 0 Å². The lowest BCUT2D eigenvalue weighted by Crippen LogP contribution is -2.60. The standard InChI is InChI=1S/C30H45N5O6/c1-29(2,3)24(34-21(36)12-17-15-41-28-19(17)8-10-40-28)27(39)35-14-20-22(30(20,4)5)23(35)26(38)33-18(13-31)11-16-7-6-9-32-25(16)37/h16-20,22-24,28H,6-12,14-15H2,1-5H3,(H,32,37)(H,33,38)(H,34,36)/t16-,17-,18-,19-,20-,22-,23-,24+,28+/m0/s1. The zero-order valence-corrected chi connectivity index (χ0v) is 24.9. The molecule has 0 bridgehead atoms. The summed E-state index contributed by atoms with van der Waals surface area (Å²) < 4.78 is 11.3. The van der Waals surface area contributed by atoms with Crippen molar-refractivity contribution in [3.8, 4) is 6.07 Å². The summed E-state index contributed by atoms with van der Waals surface area (Å²) in [5, 5.41) is 18.5. The van der Waals surface area contributed by atoms with Gasteiger partial charge < -0.3 is 30.3 Å². The highest BCUT2D eigenvalue weighted by Crippen LogP contribution is 2.65. The Kier molecular flexibility index (Phi) is 8.11. The van der Waals surface area contributed by atoms with Gasteiger partial charge in [0.25, 0.3) is 0 Å². The average Bonchev–Trinajstić information content (AvgIpc) is 3.41. The van der Waals surface area contributed by atoms with Gasteiger partial charge in [0.05, 0.1) is 19.3 Å². The second-order valence-electron chi connectivity index (χ2n) is 14.3. The maximum atomic E-state index is 14.1. The van der Waals surface area contributed by atoms with Gasteiger partial charge in [-0.1, -0.05) is 34.6 Å². The average molecular weight is 572 g/mol. The van der Waals surface area contributed by atoms with Crippen LogP contribution < -0.4 is 16.0 Å². The van der Waals surface area contributed by atoms with Crippen LogP contribution in [0.1, 0.15) is 66.7 Å². The normalized spacial score (nSPS) is 35.0. The number of nitriles is 1. The van der Waals surface area contributed by atoms with E-state index in [1.807, 2.05) is 20.8 Å². The van der Waals surface area contributed by atoms with E-state index in [9.17, 15) is 24.4 Å². The first-order valence-corrected chi connectivity index (χ1v) is 15.1. The minimum absolute atomic E-state index is 0.0324. The molecule has 4 saturated heterocycles. The zero-order valence-electron chi connectivity index (χ0n) is 24.9. The molecule has 0 spiro atoms. The third kappa shape index (κ3) is 5.82. The maximum absolute atomic E-state index is 14.1. The summed E-state index contributed by atoms with van der Waals surface area (Å²) in [6.07, 6.45) is 2.64. The highest BCUT2D eigenvalue weighted by atomic mass is 16.7. The van der Waals surface area contributed by atoms with Crippen LogP contribution in [-0.2, 0) is 28.7 Å². The molecule has 11 nitrogen and oxygen atoms in total. The summed E-state index contributed by atoms with van der Waals surface area (Å²) in [7, 11) is 0. The monoisotopic (exact) mass is 571 g/mol. The number of hydrogen-bond acceptors (Lipinski definition) is 7. The van der Waals surface area contributed by atoms with Crippen LogP contribution in [0.5, 0.6) is 0 Å². The molecule has 3 N–H and O–H groups in total. The zero-order chi connectivity index (χ0) is 29.7. The summed E-state index contributed by atoms with van der Waals surface area (Å²) >= 11 is 0. The van der Waals surface area contributed by atoms with E-state index in [-0.39, 0.29) is 77.8 Å². The number of ether oxygens (including phenoxy) is 2. The highest BCUT2D eigenvalue weighted by Gasteiger charge is 2.69. The Balaban J connectivity index is 1.27. The van der Waals surface area contributed by atoms with Crippen molar-refractivity contribution in [2.75, 3.05) is 26.3 Å². The number of carbonyl (C=O) groups excluding carboxylic acids is 4. The summed E-state index contributed by atoms with van der Waals surface area (Å²) in [4.78, 5) is 55.0. The van der Waals surface area contributed by atoms with Crippen molar-refractivity contribution in [1.82, 2.24) is 20.9 Å². The van der Waals surface area contributed by atoms with E-state index in [1.54, 1.807) is 4.90 Å². The lowest BCUT2D eigenvalue weighted by molar-refractivity contribution is -0.145. The molecule has 0 aromatic rings. The minimum atomic E-state index is -0.829. The molecule has 4 heterocycles. The molecule has 0 unspecified atom stereocenters. The Labute approximate surface area is 242 Å². The SMILES string of the molecule is CC(C)(C)[C@H](NC(=O)C[C@H]1CO[C@H]2OCC[C@@H]12)C(=O)N1C[C@H]2[C@@H]([C@H]1C(=O)N[C@H](C#N)C[C@@H]1CCCNC1=O)C2(C)C. The van der Waals surface area contributed by atoms with Crippen LogP contribution in [0.25, 0.3) is 0 Å². The molecule has 0 aromatic carbocycles. The van der Waals surface area contributed by atoms with Crippen LogP contribution in [0.15, 0.2) is 0 Å². The molecular weight excluding hydrogens is 526 g/mol. The third-order valence-electron chi connectivity index (χ3n) is 10.2. The molecule has 1 saturated carbocycles. The number of carbonyl (C=O) groups is 4. The van der Waals surface area contributed by atoms with Gasteiger partial charge in [0.2, 0.25) is 23.6 Å². The van der Waals surface area contributed by atoms with Gasteiger partial charge in [0.15, 0.2) is 6.29 Å². The fourth-order valence-corrected chi connectivity index (χ4v) is 7.59. The molecule has 1 aliphatic carbocycles. The maximum Gasteiger partial charge on any atom is 0.246 e. The van der Waals surface area contributed by atoms with Crippen LogP contribution in [0.3, 0.4) is 0 Å². The highest BCUT2D eigenvalue weighted by molar-refractivity contribution is 5.94. The molecule has 9 atom stereocenters. The van der Waals surface area contributed by atoms with Gasteiger partial charge in [0.1, 0.15) is 18.1 Å². The van der Waals surface area contributed by atoms with Gasteiger partial charge >= 0.3 is 0 Å². The van der Waals surface area contributed by atoms with Gasteiger partial charge in [0, 0.05) is 31.3 Å². The predicted molar refractivity (Wildman–Crippen MR) is 147 cm³/mol. The van der Waals surface area contributed by atoms with Crippen LogP contribution in [0.4, 0.5) is 0 Å². The van der Waals surface area contributed by atoms with E-state index in [2.05, 4.69) is 35.9 Å². The summed E-state index contributed by atoms with van der Waals surface area (Å²) in [5.74, 6) is -0.891. The first kappa shape index (κ1) is 29.8. The van der Waals surface area contributed by atoms with Crippen molar-refractivity contribution >= 4 is 23.6 Å². The summed E-state index contributed by atoms with van der Waals surface area (Å²) in [6.45, 7) is 12.1. The van der Waals surface area contributed by atoms with Gasteiger partial charge in [-0.3, -0.25) is 19.2 Å². The van der Waals surface area contributed by atoms with Crippen molar-refractivity contribution in [1.29, 1.82) is 5.26 Å². The topological polar surface area (TPSA) is 150 Å². The molecule has 5 aliphatic rings. The minimum Gasteiger partial charge on any atom is -0.356 e. The lowest BCUT2D eigenvalue weighted by atomic mass is 9.84. The smallest absolute Gasteiger partial charge is 0.246 e. The first-order chi connectivity index (χ1) is 19.3. The Morgan fingerprint density at radius 3 is 2.63 bits per heavy atom. The van der Waals surface area contributed by atoms with Crippen LogP contribution in [0, 0.1) is 51.8 Å². The fourth-order valence-electron chi connectivity index (χ4n) is 7.59. The van der Waals surface area contributed by atoms with Gasteiger partial charge in [-0.05, 0) is 54.3 Å². The molecule has 4 amide bonds. The first-order valence-electron chi connectivity index (χ1n) is 15.1. The van der Waals surface area contributed by atoms with Gasteiger partial charge in [-0.25, -0.2) is 0 Å². The third-order valence-corrected chi connectivity index (χ3v) is 10.2. The van der Waals surface area contributed by atoms with Crippen molar-refractivity contribution < 1.29 is 28.7 Å². The molecule has 226 valence electrons. The van der Waals surface area contributed by atoms with Crippen molar-refractivity contribution in [2.45, 2.75) is 91.1 Å². The summed E-state index contributed by atoms with van der Waals surface area (Å²) in [5.41, 5.74) is -0.697. The van der Waals surface area contributed by atoms with E-state index in [0.717, 1.165) is 12.8 Å². The van der Waals surface area contributed by atoms with Crippen molar-refractivity contribution in [3.05, 3.63) is 0 Å². The van der Waals surface area contributed by atoms with Crippen LogP contribution in [-0.4, -0.2) is 79.2 Å². The molecule has 11 heteroatoms. The second kappa shape index (κ2) is 11.2. The number of hydrogen-bond donors (Lipinski definition) is 3. The summed E-state index contributed by atoms with van der Waals surface area (Å²) in [6, 6.07) is -0.234. The number of likely N-dealkylation sites (tertiary alicyclic amines) is 1. The largest absolute Gasteiger partial charge is 0.356 e. The Morgan fingerprint density at radius 1 is 1.20 bits per heavy atom. The predicted octanol–water partition coefficient (Wildman–Crippen LogP) is 1.32. The molecule has 41 heavy (non-hydrogen) atoms. The van der Waals surface area contributed by atoms with Crippen LogP contribution in [0.2, 0.25) is 0 Å². The number of fused-ring (bicyclic) bond motifs is 2. The molecule has 0 radical (unpaired) electrons. The van der Waals surface area contributed by atoms with Crippen LogP contribution >= 0.6 is 0 Å². The number of nitrogens with zero attached hydrogens (tertiary/aromatic N) is 2. The fraction of sp³-hybridized carbons (Fsp3) is 0.833. The molecule has 5 rings (SSSR count). The number of nitrogens with one attached hydrogen (secondary N) is 3. The van der Waals surface area contributed by atoms with E-state index in [0.29, 0.717) is 32.7 Å². The molecule has 5 fully saturated rings. The van der Waals surface area contributed by atoms with Crippen molar-refractivity contribution in [2.24, 2.45) is 40.4 Å². The Bertz CT molecular complexity index is 1110. The molecule has 0 aromatic heterocycles. The quantitative estimate of drug-likeness (QED) is 0.398. The van der Waals surface area contributed by atoms with E-state index < -0.39 is 23.5 Å². The molecule has 4 aliphatic heterocycles. The van der Waals surface area contributed by atoms with Gasteiger partial charge in [-0.2, -0.15) is 5.26 Å². The van der Waals surface area contributed by atoms with E-state index in [4.69, 9.17) is 9.47 Å². The number of rotatable bonds is 8. The number of amides is 4. The Hall–Kier alpha value is -2.71. The van der Waals surface area contributed by atoms with Crippen molar-refractivity contribution in [3.63, 3.8) is 0 Å². The van der Waals surface area contributed by atoms with Gasteiger partial charge in [-0.15, -0.1) is 0 Å². The van der Waals surface area contributed by atoms with E-state index >= 15 is 0 Å². The molecular formula is C30H45N5O6. The number of piperidine rings is 2. The lowest BCUT2D eigenvalue weighted by Gasteiger charge is -2.38. The Morgan fingerprint density at radius 2 is 1.95 bits per heavy atom. The second-order valence-corrected chi connectivity index (χ2v) is 14.3.